The molecule has 2 fully saturated rings. The van der Waals surface area contributed by atoms with Crippen LogP contribution in [-0.4, -0.2) is 40.9 Å². The number of amides is 2. The monoisotopic (exact) mass is 371 g/mol. The lowest BCUT2D eigenvalue weighted by atomic mass is 9.78. The molecule has 2 aromatic heterocycles. The summed E-state index contributed by atoms with van der Waals surface area (Å²) in [4.78, 5) is 41.6. The van der Waals surface area contributed by atoms with Crippen molar-refractivity contribution in [2.75, 3.05) is 24.5 Å². The Bertz CT molecular complexity index is 920. The second kappa shape index (κ2) is 6.09. The van der Waals surface area contributed by atoms with E-state index in [9.17, 15) is 14.4 Å². The highest BCUT2D eigenvalue weighted by Gasteiger charge is 2.56. The number of hydrogen-bond acceptors (Lipinski definition) is 4. The van der Waals surface area contributed by atoms with Gasteiger partial charge in [0.1, 0.15) is 5.69 Å². The Morgan fingerprint density at radius 1 is 1.27 bits per heavy atom. The number of nitrogens with zero attached hydrogens (tertiary/aromatic N) is 3. The highest BCUT2D eigenvalue weighted by atomic mass is 32.1. The summed E-state index contributed by atoms with van der Waals surface area (Å²) in [7, 11) is 1.60. The summed E-state index contributed by atoms with van der Waals surface area (Å²) >= 11 is 1.58. The predicted octanol–water partition coefficient (Wildman–Crippen LogP) is 1.96. The van der Waals surface area contributed by atoms with Gasteiger partial charge in [-0.05, 0) is 29.9 Å². The van der Waals surface area contributed by atoms with Crippen LogP contribution >= 0.6 is 11.3 Å². The standard InChI is InChI=1S/C19H21N3O3S/c1-13-10-21(17(24)15-4-3-5-16(23)20(15)2)12-19(13)7-8-22(18(19)25)14-6-9-26-11-14/h3-6,9,11,13H,7-8,10,12H2,1-2H3/t13-,19-/m1/s1. The highest BCUT2D eigenvalue weighted by Crippen LogP contribution is 2.46. The minimum atomic E-state index is -0.523. The van der Waals surface area contributed by atoms with Crippen LogP contribution in [0.1, 0.15) is 23.8 Å². The quantitative estimate of drug-likeness (QED) is 0.811. The molecule has 2 amide bonds. The van der Waals surface area contributed by atoms with E-state index in [2.05, 4.69) is 0 Å². The fraction of sp³-hybridized carbons (Fsp3) is 0.421. The van der Waals surface area contributed by atoms with E-state index < -0.39 is 5.41 Å². The molecule has 6 nitrogen and oxygen atoms in total. The number of aromatic nitrogens is 1. The van der Waals surface area contributed by atoms with Gasteiger partial charge in [-0.3, -0.25) is 14.4 Å². The van der Waals surface area contributed by atoms with Gasteiger partial charge in [0.25, 0.3) is 11.5 Å². The molecule has 4 rings (SSSR count). The van der Waals surface area contributed by atoms with Crippen LogP contribution in [0, 0.1) is 11.3 Å². The molecule has 0 aromatic carbocycles. The maximum Gasteiger partial charge on any atom is 0.270 e. The van der Waals surface area contributed by atoms with E-state index in [1.165, 1.54) is 10.6 Å². The Hall–Kier alpha value is -2.41. The molecule has 4 heterocycles. The van der Waals surface area contributed by atoms with Crippen molar-refractivity contribution >= 4 is 28.8 Å². The minimum absolute atomic E-state index is 0.0864. The van der Waals surface area contributed by atoms with Crippen molar-refractivity contribution in [3.8, 4) is 0 Å². The summed E-state index contributed by atoms with van der Waals surface area (Å²) in [6.07, 6.45) is 0.750. The van der Waals surface area contributed by atoms with E-state index in [0.29, 0.717) is 25.3 Å². The van der Waals surface area contributed by atoms with Crippen LogP contribution in [0.5, 0.6) is 0 Å². The predicted molar refractivity (Wildman–Crippen MR) is 100 cm³/mol. The molecule has 1 spiro atoms. The first kappa shape index (κ1) is 17.0. The number of carbonyl (C=O) groups is 2. The van der Waals surface area contributed by atoms with Crippen molar-refractivity contribution in [2.45, 2.75) is 13.3 Å². The molecule has 0 saturated carbocycles. The SMILES string of the molecule is C[C@@H]1CN(C(=O)c2cccc(=O)n2C)C[C@]12CCN(c1ccsc1)C2=O. The van der Waals surface area contributed by atoms with Crippen LogP contribution in [0.4, 0.5) is 5.69 Å². The molecular formula is C19H21N3O3S. The van der Waals surface area contributed by atoms with Gasteiger partial charge in [0.2, 0.25) is 5.91 Å². The number of carbonyl (C=O) groups excluding carboxylic acids is 2. The van der Waals surface area contributed by atoms with Gasteiger partial charge in [-0.15, -0.1) is 0 Å². The minimum Gasteiger partial charge on any atom is -0.336 e. The van der Waals surface area contributed by atoms with Crippen molar-refractivity contribution in [3.05, 3.63) is 51.1 Å². The third-order valence-electron chi connectivity index (χ3n) is 5.87. The number of pyridine rings is 1. The number of rotatable bonds is 2. The van der Waals surface area contributed by atoms with Crippen LogP contribution in [0.25, 0.3) is 0 Å². The van der Waals surface area contributed by atoms with Gasteiger partial charge in [0, 0.05) is 38.1 Å². The van der Waals surface area contributed by atoms with Gasteiger partial charge in [-0.25, -0.2) is 0 Å². The maximum atomic E-state index is 13.2. The van der Waals surface area contributed by atoms with Gasteiger partial charge < -0.3 is 14.4 Å². The highest BCUT2D eigenvalue weighted by molar-refractivity contribution is 7.08. The first-order valence-electron chi connectivity index (χ1n) is 8.73. The zero-order valence-corrected chi connectivity index (χ0v) is 15.7. The van der Waals surface area contributed by atoms with E-state index in [-0.39, 0.29) is 23.3 Å². The molecule has 0 N–H and O–H groups in total. The van der Waals surface area contributed by atoms with Crippen LogP contribution in [0.2, 0.25) is 0 Å². The molecule has 0 aliphatic carbocycles. The molecule has 0 radical (unpaired) electrons. The molecule has 2 saturated heterocycles. The molecule has 2 atom stereocenters. The second-order valence-electron chi connectivity index (χ2n) is 7.24. The zero-order chi connectivity index (χ0) is 18.5. The van der Waals surface area contributed by atoms with Crippen LogP contribution in [0.15, 0.2) is 39.8 Å². The summed E-state index contributed by atoms with van der Waals surface area (Å²) in [5.41, 5.74) is 0.574. The van der Waals surface area contributed by atoms with Crippen LogP contribution in [-0.2, 0) is 11.8 Å². The Balaban J connectivity index is 1.60. The van der Waals surface area contributed by atoms with Crippen molar-refractivity contribution < 1.29 is 9.59 Å². The van der Waals surface area contributed by atoms with Gasteiger partial charge in [0.15, 0.2) is 0 Å². The smallest absolute Gasteiger partial charge is 0.270 e. The molecule has 2 aromatic rings. The molecule has 0 bridgehead atoms. The molecule has 2 aliphatic rings. The van der Waals surface area contributed by atoms with E-state index in [4.69, 9.17) is 0 Å². The summed E-state index contributed by atoms with van der Waals surface area (Å²) in [5.74, 6) is 0.0136. The zero-order valence-electron chi connectivity index (χ0n) is 14.8. The number of likely N-dealkylation sites (tertiary alicyclic amines) is 1. The Kier molecular flexibility index (Phi) is 3.99. The van der Waals surface area contributed by atoms with E-state index in [1.54, 1.807) is 35.4 Å². The normalized spacial score (nSPS) is 25.5. The average molecular weight is 371 g/mol. The van der Waals surface area contributed by atoms with Gasteiger partial charge in [-0.1, -0.05) is 13.0 Å². The summed E-state index contributed by atoms with van der Waals surface area (Å²) in [6, 6.07) is 6.66. The third kappa shape index (κ3) is 2.41. The first-order chi connectivity index (χ1) is 12.4. The van der Waals surface area contributed by atoms with Gasteiger partial charge in [-0.2, -0.15) is 11.3 Å². The molecule has 2 aliphatic heterocycles. The van der Waals surface area contributed by atoms with E-state index in [0.717, 1.165) is 12.1 Å². The van der Waals surface area contributed by atoms with Gasteiger partial charge >= 0.3 is 0 Å². The summed E-state index contributed by atoms with van der Waals surface area (Å²) < 4.78 is 1.37. The van der Waals surface area contributed by atoms with Gasteiger partial charge in [0.05, 0.1) is 11.1 Å². The third-order valence-corrected chi connectivity index (χ3v) is 6.54. The molecule has 26 heavy (non-hydrogen) atoms. The maximum absolute atomic E-state index is 13.2. The molecular weight excluding hydrogens is 350 g/mol. The van der Waals surface area contributed by atoms with E-state index >= 15 is 0 Å². The first-order valence-corrected chi connectivity index (χ1v) is 9.68. The average Bonchev–Trinajstić information content (AvgIpc) is 3.32. The molecule has 7 heteroatoms. The summed E-state index contributed by atoms with van der Waals surface area (Å²) in [5, 5.41) is 3.95. The molecule has 136 valence electrons. The lowest BCUT2D eigenvalue weighted by molar-refractivity contribution is -0.126. The van der Waals surface area contributed by atoms with Crippen molar-refractivity contribution in [3.63, 3.8) is 0 Å². The molecule has 0 unspecified atom stereocenters. The lowest BCUT2D eigenvalue weighted by Gasteiger charge is -2.26. The topological polar surface area (TPSA) is 62.6 Å². The fourth-order valence-corrected chi connectivity index (χ4v) is 4.85. The fourth-order valence-electron chi connectivity index (χ4n) is 4.21. The van der Waals surface area contributed by atoms with Crippen molar-refractivity contribution in [1.29, 1.82) is 0 Å². The van der Waals surface area contributed by atoms with Crippen molar-refractivity contribution in [2.24, 2.45) is 18.4 Å². The van der Waals surface area contributed by atoms with Crippen LogP contribution < -0.4 is 10.5 Å². The van der Waals surface area contributed by atoms with Crippen LogP contribution in [0.3, 0.4) is 0 Å². The second-order valence-corrected chi connectivity index (χ2v) is 8.02. The lowest BCUT2D eigenvalue weighted by Crippen LogP contribution is -2.40. The Morgan fingerprint density at radius 2 is 2.08 bits per heavy atom. The van der Waals surface area contributed by atoms with E-state index in [1.807, 2.05) is 28.7 Å². The Labute approximate surface area is 155 Å². The number of anilines is 1. The number of thiophene rings is 1. The largest absolute Gasteiger partial charge is 0.336 e. The Morgan fingerprint density at radius 3 is 2.81 bits per heavy atom. The van der Waals surface area contributed by atoms with Crippen molar-refractivity contribution in [1.82, 2.24) is 9.47 Å². The summed E-state index contributed by atoms with van der Waals surface area (Å²) in [6.45, 7) is 3.68. The number of hydrogen-bond donors (Lipinski definition) is 0.